The average Bonchev–Trinajstić information content (AvgIpc) is 2.11. The molecule has 0 aliphatic heterocycles. The largest absolute Gasteiger partial charge is 0.465 e. The van der Waals surface area contributed by atoms with Crippen LogP contribution in [0.4, 0.5) is 35.1 Å². The van der Waals surface area contributed by atoms with E-state index in [1.54, 1.807) is 0 Å². The van der Waals surface area contributed by atoms with E-state index in [0.29, 0.717) is 0 Å². The van der Waals surface area contributed by atoms with Gasteiger partial charge in [0.25, 0.3) is 0 Å². The van der Waals surface area contributed by atoms with Gasteiger partial charge in [-0.05, 0) is 0 Å². The van der Waals surface area contributed by atoms with E-state index in [2.05, 4.69) is 9.47 Å². The van der Waals surface area contributed by atoms with E-state index in [0.717, 1.165) is 15.9 Å². The van der Waals surface area contributed by atoms with E-state index in [4.69, 9.17) is 0 Å². The molecule has 0 N–H and O–H groups in total. The first-order valence-electron chi connectivity index (χ1n) is 3.68. The van der Waals surface area contributed by atoms with Crippen LogP contribution in [0.15, 0.2) is 0 Å². The van der Waals surface area contributed by atoms with Crippen molar-refractivity contribution in [3.8, 4) is 0 Å². The van der Waals surface area contributed by atoms with Crippen molar-refractivity contribution in [2.75, 3.05) is 7.11 Å². The van der Waals surface area contributed by atoms with Gasteiger partial charge in [-0.2, -0.15) is 35.1 Å². The van der Waals surface area contributed by atoms with Crippen LogP contribution >= 0.6 is 15.9 Å². The maximum absolute atomic E-state index is 13.1. The van der Waals surface area contributed by atoms with Crippen LogP contribution < -0.4 is 0 Å². The zero-order chi connectivity index (χ0) is 15.0. The highest BCUT2D eigenvalue weighted by Gasteiger charge is 2.72. The molecule has 0 aromatic rings. The Morgan fingerprint density at radius 1 is 1.00 bits per heavy atom. The lowest BCUT2D eigenvalue weighted by atomic mass is 10.3. The van der Waals surface area contributed by atoms with Gasteiger partial charge in [0.1, 0.15) is 0 Å². The zero-order valence-electron chi connectivity index (χ0n) is 8.13. The average molecular weight is 355 g/mol. The summed E-state index contributed by atoms with van der Waals surface area (Å²) < 4.78 is 104. The highest BCUT2D eigenvalue weighted by atomic mass is 79.9. The predicted molar refractivity (Wildman–Crippen MR) is 41.8 cm³/mol. The SMILES string of the molecule is COC(=O)C(F)(OC(F)(F)C(F)(F)Br)C(F)(F)F. The molecule has 0 rings (SSSR count). The van der Waals surface area contributed by atoms with Crippen molar-refractivity contribution in [3.63, 3.8) is 0 Å². The highest BCUT2D eigenvalue weighted by molar-refractivity contribution is 9.10. The molecule has 0 saturated carbocycles. The molecule has 0 heterocycles. The molecule has 0 bridgehead atoms. The van der Waals surface area contributed by atoms with Crippen LogP contribution in [0.3, 0.4) is 0 Å². The van der Waals surface area contributed by atoms with Gasteiger partial charge in [-0.1, -0.05) is 0 Å². The standard InChI is InChI=1S/C6H3BrF8O3/c1-17-2(16)3(8,5(11,12)13)18-6(14,15)4(7,9)10/h1H3. The minimum atomic E-state index is -6.35. The number of ether oxygens (including phenoxy) is 2. The van der Waals surface area contributed by atoms with Crippen molar-refractivity contribution in [1.82, 2.24) is 0 Å². The maximum Gasteiger partial charge on any atom is 0.460 e. The van der Waals surface area contributed by atoms with Crippen LogP contribution in [-0.2, 0) is 14.3 Å². The van der Waals surface area contributed by atoms with Crippen molar-refractivity contribution in [1.29, 1.82) is 0 Å². The Morgan fingerprint density at radius 2 is 1.39 bits per heavy atom. The van der Waals surface area contributed by atoms with Gasteiger partial charge in [0.05, 0.1) is 7.11 Å². The molecule has 0 aliphatic carbocycles. The number of halogens is 9. The van der Waals surface area contributed by atoms with Gasteiger partial charge in [-0.25, -0.2) is 4.79 Å². The fraction of sp³-hybridized carbons (Fsp3) is 0.833. The third-order valence-corrected chi connectivity index (χ3v) is 1.87. The molecule has 12 heteroatoms. The fourth-order valence-electron chi connectivity index (χ4n) is 0.581. The van der Waals surface area contributed by atoms with Crippen molar-refractivity contribution < 1.29 is 49.4 Å². The topological polar surface area (TPSA) is 35.5 Å². The maximum atomic E-state index is 13.1. The molecule has 0 aromatic heterocycles. The molecule has 0 fully saturated rings. The Balaban J connectivity index is 5.49. The lowest BCUT2D eigenvalue weighted by Gasteiger charge is -2.30. The molecule has 0 radical (unpaired) electrons. The molecule has 0 amide bonds. The fourth-order valence-corrected chi connectivity index (χ4v) is 0.662. The summed E-state index contributed by atoms with van der Waals surface area (Å²) in [6.45, 7) is 0. The zero-order valence-corrected chi connectivity index (χ0v) is 9.71. The lowest BCUT2D eigenvalue weighted by Crippen LogP contribution is -2.57. The van der Waals surface area contributed by atoms with Crippen LogP contribution in [-0.4, -0.2) is 36.1 Å². The molecule has 0 spiro atoms. The first-order chi connectivity index (χ1) is 7.69. The number of hydrogen-bond acceptors (Lipinski definition) is 3. The summed E-state index contributed by atoms with van der Waals surface area (Å²) in [6.07, 6.45) is -12.3. The molecule has 18 heavy (non-hydrogen) atoms. The first-order valence-corrected chi connectivity index (χ1v) is 4.47. The van der Waals surface area contributed by atoms with Gasteiger partial charge >= 0.3 is 28.9 Å². The Labute approximate surface area is 102 Å². The van der Waals surface area contributed by atoms with Gasteiger partial charge in [0, 0.05) is 15.9 Å². The molecular formula is C6H3BrF8O3. The van der Waals surface area contributed by atoms with E-state index >= 15 is 0 Å². The molecule has 1 atom stereocenters. The molecule has 0 aliphatic rings. The van der Waals surface area contributed by atoms with Crippen LogP contribution in [0.5, 0.6) is 0 Å². The summed E-state index contributed by atoms with van der Waals surface area (Å²) in [7, 11) is 0.218. The second-order valence-corrected chi connectivity index (χ2v) is 3.70. The summed E-state index contributed by atoms with van der Waals surface area (Å²) in [5.74, 6) is -8.69. The van der Waals surface area contributed by atoms with E-state index in [-0.39, 0.29) is 7.11 Å². The van der Waals surface area contributed by atoms with Crippen LogP contribution in [0.2, 0.25) is 0 Å². The minimum Gasteiger partial charge on any atom is -0.465 e. The summed E-state index contributed by atoms with van der Waals surface area (Å²) in [5.41, 5.74) is 0. The lowest BCUT2D eigenvalue weighted by molar-refractivity contribution is -0.423. The van der Waals surface area contributed by atoms with Crippen molar-refractivity contribution in [3.05, 3.63) is 0 Å². The number of hydrogen-bond donors (Lipinski definition) is 0. The summed E-state index contributed by atoms with van der Waals surface area (Å²) in [4.78, 5) is 5.11. The number of esters is 1. The van der Waals surface area contributed by atoms with Crippen LogP contribution in [0, 0.1) is 0 Å². The van der Waals surface area contributed by atoms with Gasteiger partial charge in [0.2, 0.25) is 0 Å². The van der Waals surface area contributed by atoms with Gasteiger partial charge in [-0.3, -0.25) is 4.74 Å². The molecule has 108 valence electrons. The summed E-state index contributed by atoms with van der Waals surface area (Å²) in [5, 5.41) is 0. The van der Waals surface area contributed by atoms with E-state index < -0.39 is 28.9 Å². The Bertz CT molecular complexity index is 324. The van der Waals surface area contributed by atoms with Crippen LogP contribution in [0.1, 0.15) is 0 Å². The first kappa shape index (κ1) is 17.3. The molecule has 1 unspecified atom stereocenters. The van der Waals surface area contributed by atoms with Gasteiger partial charge < -0.3 is 4.74 Å². The monoisotopic (exact) mass is 354 g/mol. The summed E-state index contributed by atoms with van der Waals surface area (Å²) >= 11 is 0.996. The number of carbonyl (C=O) groups excluding carboxylic acids is 1. The van der Waals surface area contributed by atoms with Gasteiger partial charge in [0.15, 0.2) is 0 Å². The molecule has 0 aromatic carbocycles. The molecule has 3 nitrogen and oxygen atoms in total. The molecular weight excluding hydrogens is 352 g/mol. The number of rotatable bonds is 4. The van der Waals surface area contributed by atoms with Crippen molar-refractivity contribution in [2.45, 2.75) is 23.0 Å². The van der Waals surface area contributed by atoms with E-state index in [1.165, 1.54) is 0 Å². The number of methoxy groups -OCH3 is 1. The van der Waals surface area contributed by atoms with Crippen molar-refractivity contribution >= 4 is 21.9 Å². The van der Waals surface area contributed by atoms with E-state index in [9.17, 15) is 39.9 Å². The Morgan fingerprint density at radius 3 is 1.61 bits per heavy atom. The predicted octanol–water partition coefficient (Wildman–Crippen LogP) is 2.98. The quantitative estimate of drug-likeness (QED) is 0.442. The number of alkyl halides is 9. The second-order valence-electron chi connectivity index (χ2n) is 2.70. The Hall–Kier alpha value is -0.650. The summed E-state index contributed by atoms with van der Waals surface area (Å²) in [6, 6.07) is 0. The normalized spacial score (nSPS) is 17.2. The van der Waals surface area contributed by atoms with Gasteiger partial charge in [-0.15, -0.1) is 0 Å². The molecule has 0 saturated heterocycles. The highest BCUT2D eigenvalue weighted by Crippen LogP contribution is 2.47. The Kier molecular flexibility index (Phi) is 4.62. The number of carbonyl (C=O) groups is 1. The third-order valence-electron chi connectivity index (χ3n) is 1.41. The minimum absolute atomic E-state index is 0.218. The van der Waals surface area contributed by atoms with Crippen LogP contribution in [0.25, 0.3) is 0 Å². The van der Waals surface area contributed by atoms with E-state index in [1.807, 2.05) is 0 Å². The smallest absolute Gasteiger partial charge is 0.460 e. The second kappa shape index (κ2) is 4.79. The van der Waals surface area contributed by atoms with Crippen molar-refractivity contribution in [2.24, 2.45) is 0 Å². The third kappa shape index (κ3) is 3.22.